The van der Waals surface area contributed by atoms with Crippen LogP contribution in [0.1, 0.15) is 42.9 Å². The Morgan fingerprint density at radius 3 is 2.23 bits per heavy atom. The quantitative estimate of drug-likeness (QED) is 0.933. The van der Waals surface area contributed by atoms with Gasteiger partial charge in [0.25, 0.3) is 0 Å². The Balaban J connectivity index is 1.87. The Labute approximate surface area is 131 Å². The number of nitrogens with zero attached hydrogens (tertiary/aromatic N) is 1. The van der Waals surface area contributed by atoms with E-state index in [4.69, 9.17) is 0 Å². The van der Waals surface area contributed by atoms with Gasteiger partial charge in [0.15, 0.2) is 0 Å². The summed E-state index contributed by atoms with van der Waals surface area (Å²) in [5, 5.41) is 9.25. The van der Waals surface area contributed by atoms with Crippen molar-refractivity contribution < 1.29 is 14.7 Å². The van der Waals surface area contributed by atoms with E-state index in [1.54, 1.807) is 4.90 Å². The number of benzene rings is 1. The fourth-order valence-electron chi connectivity index (χ4n) is 3.83. The van der Waals surface area contributed by atoms with Gasteiger partial charge < -0.3 is 10.0 Å². The third-order valence-electron chi connectivity index (χ3n) is 5.27. The monoisotopic (exact) mass is 301 g/mol. The zero-order chi connectivity index (χ0) is 16.1. The van der Waals surface area contributed by atoms with Crippen LogP contribution in [0, 0.1) is 19.8 Å². The van der Waals surface area contributed by atoms with Crippen LogP contribution in [0.2, 0.25) is 0 Å². The Hall–Kier alpha value is -1.84. The predicted molar refractivity (Wildman–Crippen MR) is 83.7 cm³/mol. The van der Waals surface area contributed by atoms with Crippen molar-refractivity contribution in [2.24, 2.45) is 5.92 Å². The van der Waals surface area contributed by atoms with Crippen LogP contribution in [0.25, 0.3) is 0 Å². The van der Waals surface area contributed by atoms with Gasteiger partial charge in [0.05, 0.1) is 11.3 Å². The topological polar surface area (TPSA) is 57.6 Å². The number of likely N-dealkylation sites (tertiary alicyclic amines) is 1. The highest BCUT2D eigenvalue weighted by atomic mass is 16.4. The summed E-state index contributed by atoms with van der Waals surface area (Å²) in [6.45, 7) is 6.52. The van der Waals surface area contributed by atoms with Gasteiger partial charge in [0.2, 0.25) is 5.91 Å². The fourth-order valence-corrected chi connectivity index (χ4v) is 3.83. The van der Waals surface area contributed by atoms with E-state index in [9.17, 15) is 14.7 Å². The summed E-state index contributed by atoms with van der Waals surface area (Å²) in [7, 11) is 0. The molecule has 0 aromatic heterocycles. The molecular formula is C18H23NO3. The molecule has 2 fully saturated rings. The SMILES string of the molecule is Cc1cc(C)cc(C2(C(=O)N3CCC(C(=O)O)C3C)CC2)c1. The molecule has 1 aromatic carbocycles. The van der Waals surface area contributed by atoms with Crippen LogP contribution in [0.15, 0.2) is 18.2 Å². The van der Waals surface area contributed by atoms with Crippen molar-refractivity contribution >= 4 is 11.9 Å². The maximum atomic E-state index is 13.1. The molecule has 1 saturated carbocycles. The molecule has 22 heavy (non-hydrogen) atoms. The minimum atomic E-state index is -0.793. The molecule has 2 unspecified atom stereocenters. The summed E-state index contributed by atoms with van der Waals surface area (Å²) in [6, 6.07) is 6.11. The first-order valence-electron chi connectivity index (χ1n) is 7.98. The number of amides is 1. The lowest BCUT2D eigenvalue weighted by atomic mass is 9.91. The van der Waals surface area contributed by atoms with Crippen LogP contribution in [-0.4, -0.2) is 34.5 Å². The van der Waals surface area contributed by atoms with Crippen LogP contribution < -0.4 is 0 Å². The Kier molecular flexibility index (Phi) is 3.50. The van der Waals surface area contributed by atoms with Gasteiger partial charge in [-0.25, -0.2) is 0 Å². The highest BCUT2D eigenvalue weighted by Gasteiger charge is 2.55. The second-order valence-electron chi connectivity index (χ2n) is 6.93. The molecule has 1 heterocycles. The van der Waals surface area contributed by atoms with Crippen molar-refractivity contribution in [3.8, 4) is 0 Å². The molecule has 4 nitrogen and oxygen atoms in total. The fraction of sp³-hybridized carbons (Fsp3) is 0.556. The molecule has 1 amide bonds. The summed E-state index contributed by atoms with van der Waals surface area (Å²) >= 11 is 0. The van der Waals surface area contributed by atoms with Crippen LogP contribution >= 0.6 is 0 Å². The van der Waals surface area contributed by atoms with Crippen LogP contribution in [-0.2, 0) is 15.0 Å². The Bertz CT molecular complexity index is 613. The lowest BCUT2D eigenvalue weighted by Crippen LogP contribution is -2.43. The van der Waals surface area contributed by atoms with Gasteiger partial charge >= 0.3 is 5.97 Å². The lowest BCUT2D eigenvalue weighted by Gasteiger charge is -2.28. The first kappa shape index (κ1) is 15.1. The maximum Gasteiger partial charge on any atom is 0.308 e. The summed E-state index contributed by atoms with van der Waals surface area (Å²) in [4.78, 5) is 26.1. The van der Waals surface area contributed by atoms with Crippen LogP contribution in [0.3, 0.4) is 0 Å². The van der Waals surface area contributed by atoms with E-state index in [2.05, 4.69) is 32.0 Å². The zero-order valence-electron chi connectivity index (χ0n) is 13.4. The molecule has 1 aliphatic heterocycles. The minimum Gasteiger partial charge on any atom is -0.481 e. The first-order chi connectivity index (χ1) is 10.3. The largest absolute Gasteiger partial charge is 0.481 e. The van der Waals surface area contributed by atoms with E-state index in [0.717, 1.165) is 18.4 Å². The van der Waals surface area contributed by atoms with E-state index >= 15 is 0 Å². The molecule has 4 heteroatoms. The number of aliphatic carboxylic acids is 1. The molecule has 1 aliphatic carbocycles. The van der Waals surface area contributed by atoms with Crippen LogP contribution in [0.4, 0.5) is 0 Å². The summed E-state index contributed by atoms with van der Waals surface area (Å²) in [5.41, 5.74) is 3.04. The van der Waals surface area contributed by atoms with Gasteiger partial charge in [-0.1, -0.05) is 29.3 Å². The average Bonchev–Trinajstić information content (AvgIpc) is 3.15. The average molecular weight is 301 g/mol. The standard InChI is InChI=1S/C18H23NO3/c1-11-8-12(2)10-14(9-11)18(5-6-18)17(22)19-7-4-15(13(19)3)16(20)21/h8-10,13,15H,4-7H2,1-3H3,(H,20,21). The van der Waals surface area contributed by atoms with Crippen molar-refractivity contribution in [1.82, 2.24) is 4.90 Å². The molecule has 0 radical (unpaired) electrons. The number of carbonyl (C=O) groups excluding carboxylic acids is 1. The van der Waals surface area contributed by atoms with E-state index in [1.807, 2.05) is 6.92 Å². The number of carboxylic acid groups (broad SMARTS) is 1. The van der Waals surface area contributed by atoms with Crippen LogP contribution in [0.5, 0.6) is 0 Å². The van der Waals surface area contributed by atoms with Crippen molar-refractivity contribution in [3.63, 3.8) is 0 Å². The maximum absolute atomic E-state index is 13.1. The first-order valence-corrected chi connectivity index (χ1v) is 7.98. The number of hydrogen-bond acceptors (Lipinski definition) is 2. The summed E-state index contributed by atoms with van der Waals surface area (Å²) in [6.07, 6.45) is 2.30. The molecular weight excluding hydrogens is 278 g/mol. The smallest absolute Gasteiger partial charge is 0.308 e. The third kappa shape index (κ3) is 2.31. The number of carbonyl (C=O) groups is 2. The highest BCUT2D eigenvalue weighted by molar-refractivity contribution is 5.92. The van der Waals surface area contributed by atoms with Gasteiger partial charge in [-0.05, 0) is 45.6 Å². The van der Waals surface area contributed by atoms with E-state index in [1.165, 1.54) is 11.1 Å². The summed E-state index contributed by atoms with van der Waals surface area (Å²) in [5.74, 6) is -1.10. The minimum absolute atomic E-state index is 0.119. The molecule has 2 atom stereocenters. The van der Waals surface area contributed by atoms with Crippen molar-refractivity contribution in [2.45, 2.75) is 51.5 Å². The van der Waals surface area contributed by atoms with Gasteiger partial charge in [0, 0.05) is 12.6 Å². The molecule has 1 N–H and O–H groups in total. The molecule has 2 aliphatic rings. The van der Waals surface area contributed by atoms with Crippen molar-refractivity contribution in [1.29, 1.82) is 0 Å². The second kappa shape index (κ2) is 5.11. The molecule has 0 spiro atoms. The number of hydrogen-bond donors (Lipinski definition) is 1. The second-order valence-corrected chi connectivity index (χ2v) is 6.93. The predicted octanol–water partition coefficient (Wildman–Crippen LogP) is 2.66. The molecule has 3 rings (SSSR count). The third-order valence-corrected chi connectivity index (χ3v) is 5.27. The normalized spacial score (nSPS) is 26.0. The molecule has 1 aromatic rings. The number of rotatable bonds is 3. The van der Waals surface area contributed by atoms with Gasteiger partial charge in [0.1, 0.15) is 0 Å². The van der Waals surface area contributed by atoms with E-state index < -0.39 is 17.3 Å². The van der Waals surface area contributed by atoms with Crippen molar-refractivity contribution in [2.75, 3.05) is 6.54 Å². The van der Waals surface area contributed by atoms with Gasteiger partial charge in [-0.15, -0.1) is 0 Å². The van der Waals surface area contributed by atoms with Crippen molar-refractivity contribution in [3.05, 3.63) is 34.9 Å². The zero-order valence-corrected chi connectivity index (χ0v) is 13.4. The lowest BCUT2D eigenvalue weighted by molar-refractivity contribution is -0.143. The summed E-state index contributed by atoms with van der Waals surface area (Å²) < 4.78 is 0. The number of aryl methyl sites for hydroxylation is 2. The van der Waals surface area contributed by atoms with Gasteiger partial charge in [-0.2, -0.15) is 0 Å². The van der Waals surface area contributed by atoms with E-state index in [0.29, 0.717) is 13.0 Å². The van der Waals surface area contributed by atoms with Gasteiger partial charge in [-0.3, -0.25) is 9.59 Å². The van der Waals surface area contributed by atoms with E-state index in [-0.39, 0.29) is 11.9 Å². The molecule has 0 bridgehead atoms. The Morgan fingerprint density at radius 2 is 1.77 bits per heavy atom. The Morgan fingerprint density at radius 1 is 1.18 bits per heavy atom. The highest BCUT2D eigenvalue weighted by Crippen LogP contribution is 2.51. The molecule has 1 saturated heterocycles. The number of carboxylic acids is 1. The molecule has 118 valence electrons.